The van der Waals surface area contributed by atoms with Gasteiger partial charge in [-0.25, -0.2) is 9.53 Å². The van der Waals surface area contributed by atoms with E-state index in [2.05, 4.69) is 13.8 Å². The lowest BCUT2D eigenvalue weighted by Gasteiger charge is -2.05. The molecule has 0 aliphatic rings. The van der Waals surface area contributed by atoms with E-state index in [1.165, 1.54) is 0 Å². The molecule has 4 nitrogen and oxygen atoms in total. The minimum absolute atomic E-state index is 0.286. The van der Waals surface area contributed by atoms with Gasteiger partial charge in [-0.2, -0.15) is 0 Å². The first-order chi connectivity index (χ1) is 7.61. The molecule has 0 atom stereocenters. The van der Waals surface area contributed by atoms with Crippen molar-refractivity contribution in [2.45, 2.75) is 26.9 Å². The van der Waals surface area contributed by atoms with Crippen LogP contribution in [0, 0.1) is 5.92 Å². The predicted molar refractivity (Wildman–Crippen MR) is 63.2 cm³/mol. The maximum absolute atomic E-state index is 11.6. The molecule has 0 spiro atoms. The summed E-state index contributed by atoms with van der Waals surface area (Å²) in [5, 5.41) is 0.614. The summed E-state index contributed by atoms with van der Waals surface area (Å²) in [5.41, 5.74) is 7.04. The number of nitrogens with two attached hydrogens (primary N) is 1. The molecule has 2 aromatic rings. The minimum atomic E-state index is -0.286. The Balaban J connectivity index is 2.58. The Morgan fingerprint density at radius 1 is 1.44 bits per heavy atom. The standard InChI is InChI=1S/C12H16N2O2/c1-8(2)7-14-11-4-3-9(6-13)5-10(11)12(15)16-14/h3-5,8H,6-7,13H2,1-2H3. The van der Waals surface area contributed by atoms with Gasteiger partial charge in [0, 0.05) is 6.54 Å². The lowest BCUT2D eigenvalue weighted by Crippen LogP contribution is -2.03. The fourth-order valence-corrected chi connectivity index (χ4v) is 1.76. The SMILES string of the molecule is CC(C)Cn1oc(=O)c2cc(CN)ccc21. The molecule has 2 N–H and O–H groups in total. The topological polar surface area (TPSA) is 61.2 Å². The first-order valence-corrected chi connectivity index (χ1v) is 5.44. The van der Waals surface area contributed by atoms with Crippen molar-refractivity contribution in [3.05, 3.63) is 34.2 Å². The molecule has 0 amide bonds. The molecular formula is C12H16N2O2. The third-order valence-corrected chi connectivity index (χ3v) is 2.51. The van der Waals surface area contributed by atoms with Crippen molar-refractivity contribution in [3.8, 4) is 0 Å². The van der Waals surface area contributed by atoms with Crippen molar-refractivity contribution < 1.29 is 4.52 Å². The number of aromatic nitrogens is 1. The largest absolute Gasteiger partial charge is 0.365 e. The lowest BCUT2D eigenvalue weighted by atomic mass is 10.1. The fourth-order valence-electron chi connectivity index (χ4n) is 1.76. The quantitative estimate of drug-likeness (QED) is 0.856. The Bertz CT molecular complexity index is 552. The van der Waals surface area contributed by atoms with Gasteiger partial charge in [0.2, 0.25) is 0 Å². The highest BCUT2D eigenvalue weighted by Crippen LogP contribution is 2.15. The number of hydrogen-bond donors (Lipinski definition) is 1. The highest BCUT2D eigenvalue weighted by molar-refractivity contribution is 5.78. The van der Waals surface area contributed by atoms with Crippen molar-refractivity contribution in [1.29, 1.82) is 0 Å². The van der Waals surface area contributed by atoms with Gasteiger partial charge in [0.1, 0.15) is 0 Å². The first kappa shape index (κ1) is 11.0. The van der Waals surface area contributed by atoms with Gasteiger partial charge in [0.25, 0.3) is 0 Å². The Labute approximate surface area is 93.6 Å². The third-order valence-electron chi connectivity index (χ3n) is 2.51. The van der Waals surface area contributed by atoms with E-state index in [-0.39, 0.29) is 5.63 Å². The summed E-state index contributed by atoms with van der Waals surface area (Å²) in [7, 11) is 0. The number of benzene rings is 1. The molecule has 0 fully saturated rings. The molecule has 0 saturated carbocycles. The van der Waals surface area contributed by atoms with Gasteiger partial charge in [-0.1, -0.05) is 19.9 Å². The van der Waals surface area contributed by atoms with Gasteiger partial charge >= 0.3 is 5.63 Å². The second kappa shape index (κ2) is 4.14. The smallest absolute Gasteiger partial charge is 0.335 e. The predicted octanol–water partition coefficient (Wildman–Crippen LogP) is 1.71. The zero-order chi connectivity index (χ0) is 11.7. The molecule has 1 heterocycles. The molecule has 0 radical (unpaired) electrons. The molecule has 2 rings (SSSR count). The maximum Gasteiger partial charge on any atom is 0.365 e. The molecule has 0 saturated heterocycles. The summed E-state index contributed by atoms with van der Waals surface area (Å²) in [4.78, 5) is 11.6. The molecule has 1 aromatic carbocycles. The van der Waals surface area contributed by atoms with E-state index in [1.807, 2.05) is 12.1 Å². The van der Waals surface area contributed by atoms with Crippen LogP contribution in [0.4, 0.5) is 0 Å². The zero-order valence-corrected chi connectivity index (χ0v) is 9.56. The Morgan fingerprint density at radius 3 is 2.81 bits per heavy atom. The van der Waals surface area contributed by atoms with Crippen LogP contribution in [0.15, 0.2) is 27.5 Å². The highest BCUT2D eigenvalue weighted by atomic mass is 16.5. The van der Waals surface area contributed by atoms with E-state index in [0.717, 1.165) is 11.1 Å². The van der Waals surface area contributed by atoms with E-state index in [9.17, 15) is 4.79 Å². The van der Waals surface area contributed by atoms with Crippen LogP contribution in [0.2, 0.25) is 0 Å². The lowest BCUT2D eigenvalue weighted by molar-refractivity contribution is 0.238. The molecular weight excluding hydrogens is 204 g/mol. The number of hydrogen-bond acceptors (Lipinski definition) is 3. The van der Waals surface area contributed by atoms with Gasteiger partial charge < -0.3 is 10.3 Å². The summed E-state index contributed by atoms with van der Waals surface area (Å²) in [6, 6.07) is 5.62. The second-order valence-electron chi connectivity index (χ2n) is 4.39. The van der Waals surface area contributed by atoms with E-state index in [1.54, 1.807) is 10.8 Å². The van der Waals surface area contributed by atoms with Crippen molar-refractivity contribution in [2.24, 2.45) is 11.7 Å². The number of fused-ring (bicyclic) bond motifs is 1. The summed E-state index contributed by atoms with van der Waals surface area (Å²) in [6.07, 6.45) is 0. The number of rotatable bonds is 3. The van der Waals surface area contributed by atoms with Crippen molar-refractivity contribution in [3.63, 3.8) is 0 Å². The molecule has 16 heavy (non-hydrogen) atoms. The van der Waals surface area contributed by atoms with Gasteiger partial charge in [0.05, 0.1) is 17.4 Å². The van der Waals surface area contributed by atoms with Gasteiger partial charge in [-0.15, -0.1) is 0 Å². The summed E-state index contributed by atoms with van der Waals surface area (Å²) < 4.78 is 6.85. The van der Waals surface area contributed by atoms with Crippen LogP contribution >= 0.6 is 0 Å². The van der Waals surface area contributed by atoms with Gasteiger partial charge in [-0.05, 0) is 23.6 Å². The molecule has 86 valence electrons. The minimum Gasteiger partial charge on any atom is -0.335 e. The van der Waals surface area contributed by atoms with Crippen LogP contribution in [0.25, 0.3) is 10.9 Å². The van der Waals surface area contributed by atoms with E-state index >= 15 is 0 Å². The maximum atomic E-state index is 11.6. The van der Waals surface area contributed by atoms with Crippen molar-refractivity contribution in [2.75, 3.05) is 0 Å². The van der Waals surface area contributed by atoms with Crippen molar-refractivity contribution in [1.82, 2.24) is 4.74 Å². The van der Waals surface area contributed by atoms with E-state index in [4.69, 9.17) is 10.3 Å². The fraction of sp³-hybridized carbons (Fsp3) is 0.417. The zero-order valence-electron chi connectivity index (χ0n) is 9.56. The van der Waals surface area contributed by atoms with Crippen LogP contribution in [0.5, 0.6) is 0 Å². The highest BCUT2D eigenvalue weighted by Gasteiger charge is 2.10. The molecule has 0 unspecified atom stereocenters. The third kappa shape index (κ3) is 1.88. The molecule has 0 aliphatic carbocycles. The monoisotopic (exact) mass is 220 g/mol. The van der Waals surface area contributed by atoms with Crippen LogP contribution in [-0.2, 0) is 13.1 Å². The summed E-state index contributed by atoms with van der Waals surface area (Å²) in [6.45, 7) is 5.31. The van der Waals surface area contributed by atoms with Crippen LogP contribution in [0.3, 0.4) is 0 Å². The average Bonchev–Trinajstić information content (AvgIpc) is 2.54. The summed E-state index contributed by atoms with van der Waals surface area (Å²) >= 11 is 0. The van der Waals surface area contributed by atoms with E-state index in [0.29, 0.717) is 24.4 Å². The molecule has 4 heteroatoms. The Morgan fingerprint density at radius 2 is 2.19 bits per heavy atom. The molecule has 0 bridgehead atoms. The normalized spacial score (nSPS) is 11.5. The second-order valence-corrected chi connectivity index (χ2v) is 4.39. The van der Waals surface area contributed by atoms with Gasteiger partial charge in [-0.3, -0.25) is 0 Å². The van der Waals surface area contributed by atoms with E-state index < -0.39 is 0 Å². The first-order valence-electron chi connectivity index (χ1n) is 5.44. The Hall–Kier alpha value is -1.55. The van der Waals surface area contributed by atoms with Gasteiger partial charge in [0.15, 0.2) is 0 Å². The van der Waals surface area contributed by atoms with Crippen LogP contribution in [0.1, 0.15) is 19.4 Å². The van der Waals surface area contributed by atoms with Crippen molar-refractivity contribution >= 4 is 10.9 Å². The molecule has 0 aliphatic heterocycles. The number of nitrogens with zero attached hydrogens (tertiary/aromatic N) is 1. The Kier molecular flexibility index (Phi) is 2.83. The van der Waals surface area contributed by atoms with Crippen LogP contribution in [-0.4, -0.2) is 4.74 Å². The summed E-state index contributed by atoms with van der Waals surface area (Å²) in [5.74, 6) is 0.438. The molecule has 1 aromatic heterocycles. The van der Waals surface area contributed by atoms with Crippen LogP contribution < -0.4 is 11.4 Å². The average molecular weight is 220 g/mol.